The second-order valence-electron chi connectivity index (χ2n) is 8.60. The van der Waals surface area contributed by atoms with Gasteiger partial charge in [0.1, 0.15) is 0 Å². The Kier molecular flexibility index (Phi) is 7.79. The van der Waals surface area contributed by atoms with Crippen LogP contribution in [0.5, 0.6) is 0 Å². The van der Waals surface area contributed by atoms with Gasteiger partial charge in [0.15, 0.2) is 5.17 Å². The molecule has 0 aromatic heterocycles. The number of anilines is 2. The van der Waals surface area contributed by atoms with E-state index in [1.54, 1.807) is 4.90 Å². The summed E-state index contributed by atoms with van der Waals surface area (Å²) >= 11 is 1.33. The number of amidine groups is 1. The van der Waals surface area contributed by atoms with Crippen LogP contribution in [0.25, 0.3) is 6.08 Å². The highest BCUT2D eigenvalue weighted by molar-refractivity contribution is 8.18. The number of hydrogen-bond acceptors (Lipinski definition) is 5. The van der Waals surface area contributed by atoms with Crippen molar-refractivity contribution in [1.82, 2.24) is 4.90 Å². The first-order chi connectivity index (χ1) is 18.2. The molecule has 1 heterocycles. The number of carbonyl (C=O) groups is 1. The maximum atomic E-state index is 13.5. The summed E-state index contributed by atoms with van der Waals surface area (Å²) in [5, 5.41) is 11.8. The SMILES string of the molecule is O=C1/C(=C\c2ccccc2)SC(=Nc2ccccc2)N1CC(O)CN(c1ccccc1)c1ccccc1. The molecule has 5 nitrogen and oxygen atoms in total. The van der Waals surface area contributed by atoms with Gasteiger partial charge in [0.2, 0.25) is 0 Å². The topological polar surface area (TPSA) is 56.1 Å². The Hall–Kier alpha value is -4.13. The van der Waals surface area contributed by atoms with Gasteiger partial charge in [0, 0.05) is 11.4 Å². The van der Waals surface area contributed by atoms with Crippen molar-refractivity contribution >= 4 is 46.0 Å². The number of rotatable bonds is 8. The Morgan fingerprint density at radius 3 is 1.86 bits per heavy atom. The van der Waals surface area contributed by atoms with Gasteiger partial charge in [-0.05, 0) is 59.8 Å². The van der Waals surface area contributed by atoms with Crippen molar-refractivity contribution in [3.05, 3.63) is 132 Å². The molecule has 1 atom stereocenters. The minimum Gasteiger partial charge on any atom is -0.389 e. The molecule has 4 aromatic rings. The lowest BCUT2D eigenvalue weighted by Crippen LogP contribution is -2.41. The van der Waals surface area contributed by atoms with E-state index in [4.69, 9.17) is 4.99 Å². The lowest BCUT2D eigenvalue weighted by Gasteiger charge is -2.29. The summed E-state index contributed by atoms with van der Waals surface area (Å²) in [6.45, 7) is 0.443. The van der Waals surface area contributed by atoms with Gasteiger partial charge in [-0.1, -0.05) is 84.9 Å². The second kappa shape index (κ2) is 11.7. The molecule has 184 valence electrons. The van der Waals surface area contributed by atoms with E-state index in [1.165, 1.54) is 11.8 Å². The predicted molar refractivity (Wildman–Crippen MR) is 153 cm³/mol. The van der Waals surface area contributed by atoms with Crippen LogP contribution in [-0.2, 0) is 4.79 Å². The number of nitrogens with zero attached hydrogens (tertiary/aromatic N) is 3. The predicted octanol–water partition coefficient (Wildman–Crippen LogP) is 6.49. The number of benzene rings is 4. The Bertz CT molecular complexity index is 1340. The molecule has 4 aromatic carbocycles. The standard InChI is InChI=1S/C31H27N3O2S/c35-28(22-33(26-17-9-3-10-18-26)27-19-11-4-12-20-27)23-34-30(36)29(21-24-13-5-1-6-14-24)37-31(34)32-25-15-7-2-8-16-25/h1-21,28,35H,22-23H2/b29-21+,32-31?. The van der Waals surface area contributed by atoms with Gasteiger partial charge >= 0.3 is 0 Å². The minimum absolute atomic E-state index is 0.125. The van der Waals surface area contributed by atoms with Crippen LogP contribution in [0.3, 0.4) is 0 Å². The lowest BCUT2D eigenvalue weighted by molar-refractivity contribution is -0.123. The van der Waals surface area contributed by atoms with Gasteiger partial charge in [-0.15, -0.1) is 0 Å². The minimum atomic E-state index is -0.818. The number of aliphatic hydroxyl groups excluding tert-OH is 1. The molecule has 6 heteroatoms. The number of thioether (sulfide) groups is 1. The summed E-state index contributed by atoms with van der Waals surface area (Å²) in [6, 6.07) is 39.2. The van der Waals surface area contributed by atoms with Crippen LogP contribution in [0.2, 0.25) is 0 Å². The van der Waals surface area contributed by atoms with Crippen LogP contribution >= 0.6 is 11.8 Å². The summed E-state index contributed by atoms with van der Waals surface area (Å²) in [7, 11) is 0. The third-order valence-corrected chi connectivity index (χ3v) is 6.90. The summed E-state index contributed by atoms with van der Waals surface area (Å²) in [5.74, 6) is -0.159. The molecule has 1 N–H and O–H groups in total. The van der Waals surface area contributed by atoms with Gasteiger partial charge < -0.3 is 10.0 Å². The average Bonchev–Trinajstić information content (AvgIpc) is 3.22. The molecule has 5 rings (SSSR count). The fourth-order valence-electron chi connectivity index (χ4n) is 4.12. The van der Waals surface area contributed by atoms with E-state index in [-0.39, 0.29) is 12.5 Å². The van der Waals surface area contributed by atoms with Gasteiger partial charge in [0.25, 0.3) is 5.91 Å². The van der Waals surface area contributed by atoms with Gasteiger partial charge in [-0.3, -0.25) is 9.69 Å². The fraction of sp³-hybridized carbons (Fsp3) is 0.0968. The Balaban J connectivity index is 1.42. The van der Waals surface area contributed by atoms with Crippen LogP contribution in [-0.4, -0.2) is 40.3 Å². The van der Waals surface area contributed by atoms with E-state index in [9.17, 15) is 9.90 Å². The van der Waals surface area contributed by atoms with Crippen LogP contribution < -0.4 is 4.90 Å². The molecule has 1 aliphatic heterocycles. The van der Waals surface area contributed by atoms with E-state index in [0.29, 0.717) is 16.6 Å². The Morgan fingerprint density at radius 1 is 0.784 bits per heavy atom. The molecule has 1 unspecified atom stereocenters. The van der Waals surface area contributed by atoms with E-state index in [1.807, 2.05) is 127 Å². The van der Waals surface area contributed by atoms with Gasteiger partial charge in [-0.25, -0.2) is 4.99 Å². The summed E-state index contributed by atoms with van der Waals surface area (Å²) < 4.78 is 0. The van der Waals surface area contributed by atoms with Crippen molar-refractivity contribution in [3.8, 4) is 0 Å². The van der Waals surface area contributed by atoms with Crippen LogP contribution in [0, 0.1) is 0 Å². The highest BCUT2D eigenvalue weighted by Gasteiger charge is 2.35. The Labute approximate surface area is 221 Å². The highest BCUT2D eigenvalue weighted by atomic mass is 32.2. The molecular weight excluding hydrogens is 478 g/mol. The van der Waals surface area contributed by atoms with Crippen LogP contribution in [0.1, 0.15) is 5.56 Å². The van der Waals surface area contributed by atoms with Crippen LogP contribution in [0.4, 0.5) is 17.1 Å². The van der Waals surface area contributed by atoms with Crippen molar-refractivity contribution in [1.29, 1.82) is 0 Å². The second-order valence-corrected chi connectivity index (χ2v) is 9.61. The smallest absolute Gasteiger partial charge is 0.266 e. The largest absolute Gasteiger partial charge is 0.389 e. The van der Waals surface area contributed by atoms with Crippen molar-refractivity contribution in [2.75, 3.05) is 18.0 Å². The van der Waals surface area contributed by atoms with E-state index in [2.05, 4.69) is 4.90 Å². The zero-order valence-electron chi connectivity index (χ0n) is 20.2. The number of β-amino-alcohol motifs (C(OH)–C–C–N with tert-alkyl or cyclic N) is 1. The summed E-state index contributed by atoms with van der Waals surface area (Å²) in [6.07, 6.45) is 1.06. The number of aliphatic hydroxyl groups is 1. The van der Waals surface area contributed by atoms with E-state index in [0.717, 1.165) is 22.6 Å². The number of para-hydroxylation sites is 3. The molecule has 0 saturated carbocycles. The summed E-state index contributed by atoms with van der Waals surface area (Å²) in [5.41, 5.74) is 3.64. The molecule has 0 bridgehead atoms. The maximum absolute atomic E-state index is 13.5. The zero-order chi connectivity index (χ0) is 25.5. The van der Waals surface area contributed by atoms with Crippen molar-refractivity contribution in [3.63, 3.8) is 0 Å². The molecule has 1 aliphatic rings. The van der Waals surface area contributed by atoms with Crippen molar-refractivity contribution in [2.45, 2.75) is 6.10 Å². The molecule has 1 fully saturated rings. The zero-order valence-corrected chi connectivity index (χ0v) is 21.0. The van der Waals surface area contributed by atoms with Crippen molar-refractivity contribution < 1.29 is 9.90 Å². The normalized spacial score (nSPS) is 16.4. The fourth-order valence-corrected chi connectivity index (χ4v) is 5.13. The molecule has 0 aliphatic carbocycles. The first-order valence-electron chi connectivity index (χ1n) is 12.1. The number of aliphatic imine (C=N–C) groups is 1. The molecule has 0 radical (unpaired) electrons. The first kappa shape index (κ1) is 24.6. The summed E-state index contributed by atoms with van der Waals surface area (Å²) in [4.78, 5) is 22.5. The number of hydrogen-bond donors (Lipinski definition) is 1. The van der Waals surface area contributed by atoms with Gasteiger partial charge in [-0.2, -0.15) is 0 Å². The lowest BCUT2D eigenvalue weighted by atomic mass is 10.2. The quantitative estimate of drug-likeness (QED) is 0.278. The van der Waals surface area contributed by atoms with Crippen LogP contribution in [0.15, 0.2) is 131 Å². The molecule has 1 saturated heterocycles. The molecular formula is C31H27N3O2S. The third kappa shape index (κ3) is 6.17. The molecule has 1 amide bonds. The number of carbonyl (C=O) groups excluding carboxylic acids is 1. The molecule has 37 heavy (non-hydrogen) atoms. The van der Waals surface area contributed by atoms with E-state index >= 15 is 0 Å². The molecule has 0 spiro atoms. The Morgan fingerprint density at radius 2 is 1.30 bits per heavy atom. The average molecular weight is 506 g/mol. The van der Waals surface area contributed by atoms with E-state index < -0.39 is 6.10 Å². The highest BCUT2D eigenvalue weighted by Crippen LogP contribution is 2.34. The third-order valence-electron chi connectivity index (χ3n) is 5.89. The van der Waals surface area contributed by atoms with Crippen molar-refractivity contribution in [2.24, 2.45) is 4.99 Å². The first-order valence-corrected chi connectivity index (χ1v) is 12.9. The number of amides is 1. The van der Waals surface area contributed by atoms with Gasteiger partial charge in [0.05, 0.1) is 29.8 Å². The maximum Gasteiger partial charge on any atom is 0.266 e. The monoisotopic (exact) mass is 505 g/mol.